The lowest BCUT2D eigenvalue weighted by atomic mass is 9.91. The van der Waals surface area contributed by atoms with Gasteiger partial charge in [-0.25, -0.2) is 9.18 Å². The summed E-state index contributed by atoms with van der Waals surface area (Å²) in [5.41, 5.74) is 1.23. The first kappa shape index (κ1) is 14.1. The van der Waals surface area contributed by atoms with Gasteiger partial charge in [-0.15, -0.1) is 0 Å². The molecule has 2 atom stereocenters. The molecule has 1 aliphatic heterocycles. The third-order valence-corrected chi connectivity index (χ3v) is 4.73. The number of halogens is 1. The number of carbonyl (C=O) groups is 1. The fraction of sp³-hybridized carbons (Fsp3) is 0.471. The summed E-state index contributed by atoms with van der Waals surface area (Å²) >= 11 is 0. The summed E-state index contributed by atoms with van der Waals surface area (Å²) in [6.07, 6.45) is 8.43. The van der Waals surface area contributed by atoms with Crippen molar-refractivity contribution in [3.63, 3.8) is 0 Å². The predicted octanol–water partition coefficient (Wildman–Crippen LogP) is 3.69. The lowest BCUT2D eigenvalue weighted by molar-refractivity contribution is -0.131. The molecule has 21 heavy (non-hydrogen) atoms. The summed E-state index contributed by atoms with van der Waals surface area (Å²) in [6.45, 7) is 0.929. The summed E-state index contributed by atoms with van der Waals surface area (Å²) < 4.78 is 14.1. The van der Waals surface area contributed by atoms with Crippen molar-refractivity contribution in [1.82, 2.24) is 0 Å². The van der Waals surface area contributed by atoms with Gasteiger partial charge in [0.1, 0.15) is 5.82 Å². The maximum absolute atomic E-state index is 14.1. The van der Waals surface area contributed by atoms with Crippen LogP contribution in [0.25, 0.3) is 6.08 Å². The number of anilines is 1. The Labute approximate surface area is 124 Å². The number of benzene rings is 1. The summed E-state index contributed by atoms with van der Waals surface area (Å²) in [4.78, 5) is 13.0. The van der Waals surface area contributed by atoms with Crippen LogP contribution in [0.2, 0.25) is 0 Å². The van der Waals surface area contributed by atoms with Crippen molar-refractivity contribution in [1.29, 1.82) is 0 Å². The maximum Gasteiger partial charge on any atom is 0.328 e. The van der Waals surface area contributed by atoms with E-state index in [0.717, 1.165) is 31.1 Å². The monoisotopic (exact) mass is 289 g/mol. The number of carboxylic acids is 1. The van der Waals surface area contributed by atoms with Crippen molar-refractivity contribution in [2.75, 3.05) is 11.4 Å². The number of hydrogen-bond acceptors (Lipinski definition) is 2. The molecular formula is C17H20FNO2. The third kappa shape index (κ3) is 2.80. The minimum atomic E-state index is -1.05. The number of carboxylic acid groups (broad SMARTS) is 1. The number of piperidine rings is 1. The van der Waals surface area contributed by atoms with E-state index in [2.05, 4.69) is 4.90 Å². The van der Waals surface area contributed by atoms with Gasteiger partial charge in [-0.1, -0.05) is 12.5 Å². The van der Waals surface area contributed by atoms with E-state index in [9.17, 15) is 9.18 Å². The van der Waals surface area contributed by atoms with Crippen LogP contribution in [-0.2, 0) is 4.79 Å². The molecule has 2 fully saturated rings. The predicted molar refractivity (Wildman–Crippen MR) is 80.8 cm³/mol. The maximum atomic E-state index is 14.1. The largest absolute Gasteiger partial charge is 0.478 e. The average Bonchev–Trinajstić information content (AvgIpc) is 2.94. The number of hydrogen-bond donors (Lipinski definition) is 1. The molecule has 1 aliphatic carbocycles. The smallest absolute Gasteiger partial charge is 0.328 e. The van der Waals surface area contributed by atoms with Crippen LogP contribution in [-0.4, -0.2) is 23.7 Å². The number of aliphatic carboxylic acids is 1. The number of fused-ring (bicyclic) bond motifs is 1. The zero-order valence-electron chi connectivity index (χ0n) is 12.0. The molecule has 2 unspecified atom stereocenters. The van der Waals surface area contributed by atoms with Gasteiger partial charge in [0.05, 0.1) is 0 Å². The molecule has 3 nitrogen and oxygen atoms in total. The molecule has 3 rings (SSSR count). The molecular weight excluding hydrogens is 269 g/mol. The first-order valence-corrected chi connectivity index (χ1v) is 7.63. The van der Waals surface area contributed by atoms with Gasteiger partial charge in [-0.2, -0.15) is 0 Å². The molecule has 1 saturated carbocycles. The molecule has 0 bridgehead atoms. The Morgan fingerprint density at radius 3 is 2.90 bits per heavy atom. The Morgan fingerprint density at radius 2 is 2.10 bits per heavy atom. The second-order valence-corrected chi connectivity index (χ2v) is 5.94. The van der Waals surface area contributed by atoms with Crippen LogP contribution in [0.1, 0.15) is 37.7 Å². The minimum absolute atomic E-state index is 0.356. The van der Waals surface area contributed by atoms with Gasteiger partial charge in [-0.05, 0) is 49.8 Å². The van der Waals surface area contributed by atoms with Gasteiger partial charge >= 0.3 is 5.97 Å². The van der Waals surface area contributed by atoms with E-state index < -0.39 is 5.97 Å². The highest BCUT2D eigenvalue weighted by molar-refractivity contribution is 5.87. The molecule has 1 saturated heterocycles. The molecule has 0 spiro atoms. The molecule has 0 amide bonds. The van der Waals surface area contributed by atoms with E-state index in [1.165, 1.54) is 31.4 Å². The highest BCUT2D eigenvalue weighted by Crippen LogP contribution is 2.40. The van der Waals surface area contributed by atoms with Gasteiger partial charge in [0.2, 0.25) is 0 Å². The van der Waals surface area contributed by atoms with Crippen molar-refractivity contribution in [3.8, 4) is 0 Å². The van der Waals surface area contributed by atoms with Gasteiger partial charge in [-0.3, -0.25) is 0 Å². The molecule has 112 valence electrons. The van der Waals surface area contributed by atoms with Crippen LogP contribution in [0.4, 0.5) is 10.1 Å². The molecule has 0 aromatic heterocycles. The van der Waals surface area contributed by atoms with Crippen LogP contribution in [0.15, 0.2) is 24.3 Å². The lowest BCUT2D eigenvalue weighted by Crippen LogP contribution is -2.43. The van der Waals surface area contributed by atoms with Crippen LogP contribution in [0.5, 0.6) is 0 Å². The minimum Gasteiger partial charge on any atom is -0.478 e. The Hall–Kier alpha value is -1.84. The van der Waals surface area contributed by atoms with Crippen LogP contribution < -0.4 is 4.90 Å². The lowest BCUT2D eigenvalue weighted by Gasteiger charge is -2.40. The second-order valence-electron chi connectivity index (χ2n) is 5.94. The van der Waals surface area contributed by atoms with E-state index >= 15 is 0 Å². The quantitative estimate of drug-likeness (QED) is 0.863. The normalized spacial score (nSPS) is 25.3. The topological polar surface area (TPSA) is 40.5 Å². The summed E-state index contributed by atoms with van der Waals surface area (Å²) in [6, 6.07) is 5.49. The van der Waals surface area contributed by atoms with Gasteiger partial charge in [0.25, 0.3) is 0 Å². The summed E-state index contributed by atoms with van der Waals surface area (Å²) in [5.74, 6) is -0.704. The fourth-order valence-corrected chi connectivity index (χ4v) is 3.85. The summed E-state index contributed by atoms with van der Waals surface area (Å²) in [7, 11) is 0. The summed E-state index contributed by atoms with van der Waals surface area (Å²) in [5, 5.41) is 8.79. The van der Waals surface area contributed by atoms with Gasteiger partial charge in [0.15, 0.2) is 0 Å². The zero-order valence-corrected chi connectivity index (χ0v) is 12.0. The van der Waals surface area contributed by atoms with Gasteiger partial charge in [0, 0.05) is 29.9 Å². The number of rotatable bonds is 3. The SMILES string of the molecule is O=C(O)/C=C/c1c(F)cccc1N1CCCC2CCCC21. The van der Waals surface area contributed by atoms with E-state index in [1.807, 2.05) is 6.07 Å². The van der Waals surface area contributed by atoms with Crippen molar-refractivity contribution in [3.05, 3.63) is 35.7 Å². The Bertz CT molecular complexity index is 570. The Balaban J connectivity index is 1.97. The van der Waals surface area contributed by atoms with E-state index in [4.69, 9.17) is 5.11 Å². The highest BCUT2D eigenvalue weighted by atomic mass is 19.1. The van der Waals surface area contributed by atoms with Crippen LogP contribution in [0, 0.1) is 11.7 Å². The van der Waals surface area contributed by atoms with Crippen molar-refractivity contribution >= 4 is 17.7 Å². The van der Waals surface area contributed by atoms with E-state index in [-0.39, 0.29) is 5.82 Å². The standard InChI is InChI=1S/C17H20FNO2/c18-14-6-2-8-16(13(14)9-10-17(20)21)19-11-3-5-12-4-1-7-15(12)19/h2,6,8-10,12,15H,1,3-5,7,11H2,(H,20,21)/b10-9+. The molecule has 2 aliphatic rings. The average molecular weight is 289 g/mol. The number of nitrogens with zero attached hydrogens (tertiary/aromatic N) is 1. The van der Waals surface area contributed by atoms with Crippen molar-refractivity contribution < 1.29 is 14.3 Å². The first-order valence-electron chi connectivity index (χ1n) is 7.63. The zero-order chi connectivity index (χ0) is 14.8. The first-order chi connectivity index (χ1) is 10.2. The molecule has 0 radical (unpaired) electrons. The highest BCUT2D eigenvalue weighted by Gasteiger charge is 2.35. The Morgan fingerprint density at radius 1 is 1.29 bits per heavy atom. The molecule has 1 heterocycles. The van der Waals surface area contributed by atoms with Crippen molar-refractivity contribution in [2.24, 2.45) is 5.92 Å². The fourth-order valence-electron chi connectivity index (χ4n) is 3.85. The Kier molecular flexibility index (Phi) is 3.95. The molecule has 1 aromatic rings. The van der Waals surface area contributed by atoms with E-state index in [1.54, 1.807) is 6.07 Å². The van der Waals surface area contributed by atoms with Crippen LogP contribution >= 0.6 is 0 Å². The van der Waals surface area contributed by atoms with Crippen LogP contribution in [0.3, 0.4) is 0 Å². The van der Waals surface area contributed by atoms with Gasteiger partial charge < -0.3 is 10.0 Å². The molecule has 4 heteroatoms. The van der Waals surface area contributed by atoms with E-state index in [0.29, 0.717) is 17.5 Å². The molecule has 1 aromatic carbocycles. The van der Waals surface area contributed by atoms with Crippen molar-refractivity contribution in [2.45, 2.75) is 38.1 Å². The third-order valence-electron chi connectivity index (χ3n) is 4.73. The molecule has 1 N–H and O–H groups in total. The second kappa shape index (κ2) is 5.88.